The lowest BCUT2D eigenvalue weighted by atomic mass is 9.97. The van der Waals surface area contributed by atoms with Gasteiger partial charge >= 0.3 is 5.97 Å². The molecule has 2 aromatic carbocycles. The fraction of sp³-hybridized carbons (Fsp3) is 0.0714. The van der Waals surface area contributed by atoms with Crippen molar-refractivity contribution in [2.45, 2.75) is 6.17 Å². The van der Waals surface area contributed by atoms with Crippen LogP contribution in [0.5, 0.6) is 0 Å². The molecule has 0 saturated carbocycles. The molecule has 0 amide bonds. The summed E-state index contributed by atoms with van der Waals surface area (Å²) in [6.07, 6.45) is -2.09. The Morgan fingerprint density at radius 2 is 1.67 bits per heavy atom. The van der Waals surface area contributed by atoms with Crippen LogP contribution >= 0.6 is 0 Å². The second-order valence-corrected chi connectivity index (χ2v) is 3.79. The highest BCUT2D eigenvalue weighted by atomic mass is 19.1. The molecule has 0 bridgehead atoms. The number of halogens is 2. The summed E-state index contributed by atoms with van der Waals surface area (Å²) in [5.74, 6) is -1.93. The van der Waals surface area contributed by atoms with Gasteiger partial charge in [0.15, 0.2) is 0 Å². The summed E-state index contributed by atoms with van der Waals surface area (Å²) in [6, 6.07) is 11.7. The molecule has 0 aliphatic heterocycles. The summed E-state index contributed by atoms with van der Waals surface area (Å²) < 4.78 is 26.4. The largest absolute Gasteiger partial charge is 0.479 e. The average molecular weight is 248 g/mol. The number of rotatable bonds is 3. The lowest BCUT2D eigenvalue weighted by molar-refractivity contribution is -0.143. The van der Waals surface area contributed by atoms with Crippen LogP contribution in [0.15, 0.2) is 48.5 Å². The van der Waals surface area contributed by atoms with Gasteiger partial charge in [-0.15, -0.1) is 0 Å². The van der Waals surface area contributed by atoms with Crippen LogP contribution in [0.2, 0.25) is 0 Å². The monoisotopic (exact) mass is 248 g/mol. The summed E-state index contributed by atoms with van der Waals surface area (Å²) in [6.45, 7) is 0. The van der Waals surface area contributed by atoms with Gasteiger partial charge in [-0.2, -0.15) is 0 Å². The Labute approximate surface area is 103 Å². The smallest absolute Gasteiger partial charge is 0.343 e. The van der Waals surface area contributed by atoms with Crippen molar-refractivity contribution in [3.63, 3.8) is 0 Å². The van der Waals surface area contributed by atoms with Gasteiger partial charge in [-0.1, -0.05) is 36.4 Å². The maximum absolute atomic E-state index is 13.6. The summed E-state index contributed by atoms with van der Waals surface area (Å²) in [4.78, 5) is 10.7. The average Bonchev–Trinajstić information content (AvgIpc) is 2.39. The first-order valence-electron chi connectivity index (χ1n) is 5.31. The first-order chi connectivity index (χ1) is 8.59. The Morgan fingerprint density at radius 1 is 1.06 bits per heavy atom. The van der Waals surface area contributed by atoms with Crippen LogP contribution < -0.4 is 0 Å². The fourth-order valence-electron chi connectivity index (χ4n) is 1.74. The lowest BCUT2D eigenvalue weighted by Gasteiger charge is -2.10. The van der Waals surface area contributed by atoms with E-state index in [1.54, 1.807) is 18.2 Å². The highest BCUT2D eigenvalue weighted by molar-refractivity contribution is 5.79. The fourth-order valence-corrected chi connectivity index (χ4v) is 1.74. The predicted molar refractivity (Wildman–Crippen MR) is 63.3 cm³/mol. The quantitative estimate of drug-likeness (QED) is 0.901. The molecule has 0 saturated heterocycles. The Bertz CT molecular complexity index is 564. The number of hydrogen-bond acceptors (Lipinski definition) is 1. The van der Waals surface area contributed by atoms with Crippen molar-refractivity contribution in [3.05, 3.63) is 59.9 Å². The van der Waals surface area contributed by atoms with Gasteiger partial charge in [-0.3, -0.25) is 0 Å². The molecule has 0 aliphatic rings. The number of carboxylic acid groups (broad SMARTS) is 1. The van der Waals surface area contributed by atoms with Crippen molar-refractivity contribution in [3.8, 4) is 11.1 Å². The van der Waals surface area contributed by atoms with E-state index in [1.807, 2.05) is 0 Å². The van der Waals surface area contributed by atoms with E-state index in [9.17, 15) is 13.6 Å². The van der Waals surface area contributed by atoms with Crippen LogP contribution in [-0.2, 0) is 4.79 Å². The maximum atomic E-state index is 13.6. The Morgan fingerprint density at radius 3 is 2.28 bits per heavy atom. The molecule has 0 fully saturated rings. The van der Waals surface area contributed by atoms with Crippen LogP contribution in [0.3, 0.4) is 0 Å². The van der Waals surface area contributed by atoms with E-state index in [0.29, 0.717) is 11.1 Å². The molecule has 0 heterocycles. The van der Waals surface area contributed by atoms with E-state index < -0.39 is 18.0 Å². The summed E-state index contributed by atoms with van der Waals surface area (Å²) in [7, 11) is 0. The third-order valence-electron chi connectivity index (χ3n) is 2.61. The molecule has 2 nitrogen and oxygen atoms in total. The second kappa shape index (κ2) is 4.96. The number of alkyl halides is 1. The topological polar surface area (TPSA) is 37.3 Å². The molecule has 1 unspecified atom stereocenters. The summed E-state index contributed by atoms with van der Waals surface area (Å²) in [5.41, 5.74) is 1.10. The van der Waals surface area contributed by atoms with Crippen molar-refractivity contribution < 1.29 is 18.7 Å². The number of carbonyl (C=O) groups is 1. The van der Waals surface area contributed by atoms with Crippen molar-refractivity contribution in [2.75, 3.05) is 0 Å². The number of benzene rings is 2. The van der Waals surface area contributed by atoms with Crippen LogP contribution in [0, 0.1) is 5.82 Å². The molecule has 1 atom stereocenters. The van der Waals surface area contributed by atoms with E-state index in [1.165, 1.54) is 30.3 Å². The van der Waals surface area contributed by atoms with Gasteiger partial charge in [0.2, 0.25) is 6.17 Å². The van der Waals surface area contributed by atoms with Crippen molar-refractivity contribution in [1.29, 1.82) is 0 Å². The minimum Gasteiger partial charge on any atom is -0.479 e. The molecule has 4 heteroatoms. The predicted octanol–water partition coefficient (Wildman–Crippen LogP) is 3.59. The Balaban J connectivity index is 2.51. The molecular formula is C14H10F2O2. The normalized spacial score (nSPS) is 12.1. The molecule has 0 radical (unpaired) electrons. The van der Waals surface area contributed by atoms with E-state index in [-0.39, 0.29) is 5.56 Å². The maximum Gasteiger partial charge on any atom is 0.343 e. The van der Waals surface area contributed by atoms with E-state index >= 15 is 0 Å². The van der Waals surface area contributed by atoms with E-state index in [0.717, 1.165) is 0 Å². The number of hydrogen-bond donors (Lipinski definition) is 1. The van der Waals surface area contributed by atoms with Gasteiger partial charge in [-0.05, 0) is 23.3 Å². The zero-order valence-corrected chi connectivity index (χ0v) is 9.31. The van der Waals surface area contributed by atoms with Crippen LogP contribution in [0.1, 0.15) is 11.7 Å². The van der Waals surface area contributed by atoms with Crippen molar-refractivity contribution in [1.82, 2.24) is 0 Å². The molecule has 2 rings (SSSR count). The van der Waals surface area contributed by atoms with Gasteiger partial charge in [-0.25, -0.2) is 13.6 Å². The highest BCUT2D eigenvalue weighted by Gasteiger charge is 2.21. The standard InChI is InChI=1S/C14H10F2O2/c15-10-7-5-9(6-8-10)11-3-1-2-4-12(11)13(16)14(17)18/h1-8,13H,(H,17,18). The van der Waals surface area contributed by atoms with Gasteiger partial charge in [0.25, 0.3) is 0 Å². The Kier molecular flexibility index (Phi) is 3.37. The van der Waals surface area contributed by atoms with Gasteiger partial charge in [0.1, 0.15) is 5.82 Å². The Hall–Kier alpha value is -2.23. The molecule has 0 aromatic heterocycles. The van der Waals surface area contributed by atoms with Crippen molar-refractivity contribution in [2.24, 2.45) is 0 Å². The van der Waals surface area contributed by atoms with E-state index in [2.05, 4.69) is 0 Å². The molecule has 92 valence electrons. The molecule has 2 aromatic rings. The van der Waals surface area contributed by atoms with Gasteiger partial charge in [0, 0.05) is 5.56 Å². The third-order valence-corrected chi connectivity index (χ3v) is 2.61. The molecule has 0 spiro atoms. The molecule has 18 heavy (non-hydrogen) atoms. The lowest BCUT2D eigenvalue weighted by Crippen LogP contribution is -2.07. The minimum absolute atomic E-state index is 0.0663. The van der Waals surface area contributed by atoms with Crippen LogP contribution in [-0.4, -0.2) is 11.1 Å². The molecule has 0 aliphatic carbocycles. The third kappa shape index (κ3) is 2.37. The van der Waals surface area contributed by atoms with Gasteiger partial charge in [0.05, 0.1) is 0 Å². The first-order valence-corrected chi connectivity index (χ1v) is 5.31. The number of aliphatic carboxylic acids is 1. The molecular weight excluding hydrogens is 238 g/mol. The number of carboxylic acids is 1. The zero-order chi connectivity index (χ0) is 13.1. The summed E-state index contributed by atoms with van der Waals surface area (Å²) in [5, 5.41) is 8.72. The first kappa shape index (κ1) is 12.2. The zero-order valence-electron chi connectivity index (χ0n) is 9.31. The SMILES string of the molecule is O=C(O)C(F)c1ccccc1-c1ccc(F)cc1. The second-order valence-electron chi connectivity index (χ2n) is 3.79. The molecule has 1 N–H and O–H groups in total. The van der Waals surface area contributed by atoms with Gasteiger partial charge < -0.3 is 5.11 Å². The van der Waals surface area contributed by atoms with Crippen molar-refractivity contribution >= 4 is 5.97 Å². The van der Waals surface area contributed by atoms with E-state index in [4.69, 9.17) is 5.11 Å². The van der Waals surface area contributed by atoms with Crippen LogP contribution in [0.25, 0.3) is 11.1 Å². The highest BCUT2D eigenvalue weighted by Crippen LogP contribution is 2.30. The summed E-state index contributed by atoms with van der Waals surface area (Å²) >= 11 is 0. The van der Waals surface area contributed by atoms with Crippen LogP contribution in [0.4, 0.5) is 8.78 Å². The minimum atomic E-state index is -2.09.